The summed E-state index contributed by atoms with van der Waals surface area (Å²) in [5.41, 5.74) is 4.10. The van der Waals surface area contributed by atoms with Gasteiger partial charge in [0.2, 0.25) is 0 Å². The topological polar surface area (TPSA) is 26.5 Å². The number of imidazole rings is 1. The van der Waals surface area contributed by atoms with Gasteiger partial charge >= 0.3 is 0 Å². The van der Waals surface area contributed by atoms with Gasteiger partial charge in [-0.1, -0.05) is 15.9 Å². The number of hydrogen-bond acceptors (Lipinski definition) is 2. The average Bonchev–Trinajstić information content (AvgIpc) is 2.64. The molecule has 2 heterocycles. The first-order valence-corrected chi connectivity index (χ1v) is 6.10. The molecule has 0 amide bonds. The molecular weight excluding hydrogens is 280 g/mol. The normalized spacial score (nSPS) is 11.2. The molecule has 2 aromatic heterocycles. The molecule has 0 fully saturated rings. The molecule has 0 aliphatic carbocycles. The van der Waals surface area contributed by atoms with Gasteiger partial charge < -0.3 is 4.74 Å². The number of aromatic nitrogens is 2. The molecule has 0 aliphatic heterocycles. The number of aryl methyl sites for hydroxylation is 1. The standard InChI is InChI=1S/C13H11BrN2O/c1-8-5-11-10(7-12(8)17-2)15-13-6-9(14)3-4-16(11)13/h3-7H,1-2H3. The van der Waals surface area contributed by atoms with Gasteiger partial charge in [-0.2, -0.15) is 0 Å². The van der Waals surface area contributed by atoms with Gasteiger partial charge in [-0.15, -0.1) is 0 Å². The van der Waals surface area contributed by atoms with Crippen molar-refractivity contribution in [1.29, 1.82) is 0 Å². The Morgan fingerprint density at radius 3 is 2.88 bits per heavy atom. The number of halogens is 1. The highest BCUT2D eigenvalue weighted by molar-refractivity contribution is 9.10. The lowest BCUT2D eigenvalue weighted by atomic mass is 10.2. The predicted molar refractivity (Wildman–Crippen MR) is 71.7 cm³/mol. The van der Waals surface area contributed by atoms with Crippen LogP contribution in [-0.4, -0.2) is 16.5 Å². The fraction of sp³-hybridized carbons (Fsp3) is 0.154. The van der Waals surface area contributed by atoms with Crippen molar-refractivity contribution < 1.29 is 4.74 Å². The maximum atomic E-state index is 5.31. The summed E-state index contributed by atoms with van der Waals surface area (Å²) < 4.78 is 8.42. The molecule has 0 radical (unpaired) electrons. The molecule has 17 heavy (non-hydrogen) atoms. The summed E-state index contributed by atoms with van der Waals surface area (Å²) in [6, 6.07) is 8.09. The van der Waals surface area contributed by atoms with Gasteiger partial charge in [0.15, 0.2) is 0 Å². The van der Waals surface area contributed by atoms with Crippen molar-refractivity contribution in [1.82, 2.24) is 9.38 Å². The van der Waals surface area contributed by atoms with Crippen molar-refractivity contribution in [3.05, 3.63) is 40.5 Å². The summed E-state index contributed by atoms with van der Waals surface area (Å²) in [6.45, 7) is 2.04. The predicted octanol–water partition coefficient (Wildman–Crippen LogP) is 3.57. The van der Waals surface area contributed by atoms with E-state index in [9.17, 15) is 0 Å². The third-order valence-electron chi connectivity index (χ3n) is 2.88. The summed E-state index contributed by atoms with van der Waals surface area (Å²) in [5, 5.41) is 0. The second-order valence-electron chi connectivity index (χ2n) is 4.00. The van der Waals surface area contributed by atoms with Gasteiger partial charge in [-0.25, -0.2) is 4.98 Å². The van der Waals surface area contributed by atoms with Crippen molar-refractivity contribution in [2.75, 3.05) is 7.11 Å². The van der Waals surface area contributed by atoms with E-state index in [-0.39, 0.29) is 0 Å². The van der Waals surface area contributed by atoms with Gasteiger partial charge in [0.05, 0.1) is 18.1 Å². The summed E-state index contributed by atoms with van der Waals surface area (Å²) >= 11 is 3.45. The number of benzene rings is 1. The Bertz CT molecular complexity index is 718. The second kappa shape index (κ2) is 3.74. The van der Waals surface area contributed by atoms with E-state index in [4.69, 9.17) is 4.74 Å². The number of hydrogen-bond donors (Lipinski definition) is 0. The Morgan fingerprint density at radius 1 is 1.29 bits per heavy atom. The summed E-state index contributed by atoms with van der Waals surface area (Å²) in [7, 11) is 1.68. The molecule has 1 aromatic carbocycles. The van der Waals surface area contributed by atoms with E-state index in [1.165, 1.54) is 0 Å². The van der Waals surface area contributed by atoms with Gasteiger partial charge in [-0.3, -0.25) is 4.40 Å². The lowest BCUT2D eigenvalue weighted by Gasteiger charge is -2.03. The summed E-state index contributed by atoms with van der Waals surface area (Å²) in [6.07, 6.45) is 2.01. The zero-order chi connectivity index (χ0) is 12.0. The number of rotatable bonds is 1. The Balaban J connectivity index is 2.43. The van der Waals surface area contributed by atoms with Gasteiger partial charge in [0.1, 0.15) is 11.4 Å². The molecule has 0 saturated heterocycles. The minimum atomic E-state index is 0.875. The fourth-order valence-electron chi connectivity index (χ4n) is 2.04. The molecule has 4 heteroatoms. The van der Waals surface area contributed by atoms with E-state index in [2.05, 4.69) is 31.4 Å². The zero-order valence-electron chi connectivity index (χ0n) is 9.57. The molecule has 0 saturated carbocycles. The van der Waals surface area contributed by atoms with Crippen molar-refractivity contribution in [3.8, 4) is 5.75 Å². The van der Waals surface area contributed by atoms with Crippen molar-refractivity contribution in [2.24, 2.45) is 0 Å². The van der Waals surface area contributed by atoms with E-state index in [1.54, 1.807) is 7.11 Å². The van der Waals surface area contributed by atoms with Crippen LogP contribution < -0.4 is 4.74 Å². The minimum Gasteiger partial charge on any atom is -0.496 e. The number of methoxy groups -OCH3 is 1. The summed E-state index contributed by atoms with van der Waals surface area (Å²) in [5.74, 6) is 0.875. The number of ether oxygens (including phenoxy) is 1. The van der Waals surface area contributed by atoms with E-state index in [0.29, 0.717) is 0 Å². The number of pyridine rings is 1. The van der Waals surface area contributed by atoms with Crippen LogP contribution in [0.15, 0.2) is 34.9 Å². The Labute approximate surface area is 107 Å². The number of nitrogens with zero attached hydrogens (tertiary/aromatic N) is 2. The first-order valence-electron chi connectivity index (χ1n) is 5.31. The quantitative estimate of drug-likeness (QED) is 0.685. The van der Waals surface area contributed by atoms with Crippen LogP contribution in [0, 0.1) is 6.92 Å². The van der Waals surface area contributed by atoms with E-state index in [1.807, 2.05) is 31.3 Å². The molecule has 86 valence electrons. The lowest BCUT2D eigenvalue weighted by Crippen LogP contribution is -1.88. The monoisotopic (exact) mass is 290 g/mol. The molecule has 0 atom stereocenters. The molecule has 0 unspecified atom stereocenters. The van der Waals surface area contributed by atoms with E-state index < -0.39 is 0 Å². The molecule has 0 N–H and O–H groups in total. The molecule has 0 spiro atoms. The SMILES string of the molecule is COc1cc2nc3cc(Br)ccn3c2cc1C. The van der Waals surface area contributed by atoms with Gasteiger partial charge in [0, 0.05) is 16.7 Å². The lowest BCUT2D eigenvalue weighted by molar-refractivity contribution is 0.412. The van der Waals surface area contributed by atoms with Crippen LogP contribution in [0.5, 0.6) is 5.75 Å². The van der Waals surface area contributed by atoms with Crippen LogP contribution >= 0.6 is 15.9 Å². The zero-order valence-corrected chi connectivity index (χ0v) is 11.2. The largest absolute Gasteiger partial charge is 0.496 e. The van der Waals surface area contributed by atoms with Crippen LogP contribution in [0.1, 0.15) is 5.56 Å². The van der Waals surface area contributed by atoms with E-state index in [0.717, 1.165) is 32.5 Å². The summed E-state index contributed by atoms with van der Waals surface area (Å²) in [4.78, 5) is 4.58. The molecular formula is C13H11BrN2O. The highest BCUT2D eigenvalue weighted by Crippen LogP contribution is 2.26. The highest BCUT2D eigenvalue weighted by atomic mass is 79.9. The first-order chi connectivity index (χ1) is 8.19. The smallest absolute Gasteiger partial charge is 0.139 e. The number of fused-ring (bicyclic) bond motifs is 3. The Hall–Kier alpha value is -1.55. The van der Waals surface area contributed by atoms with Crippen LogP contribution in [0.4, 0.5) is 0 Å². The highest BCUT2D eigenvalue weighted by Gasteiger charge is 2.08. The van der Waals surface area contributed by atoms with Crippen LogP contribution in [0.2, 0.25) is 0 Å². The third-order valence-corrected chi connectivity index (χ3v) is 3.38. The third kappa shape index (κ3) is 1.60. The van der Waals surface area contributed by atoms with Crippen molar-refractivity contribution in [2.45, 2.75) is 6.92 Å². The first kappa shape index (κ1) is 10.6. The fourth-order valence-corrected chi connectivity index (χ4v) is 2.36. The average molecular weight is 291 g/mol. The molecule has 3 nitrogen and oxygen atoms in total. The maximum absolute atomic E-state index is 5.31. The van der Waals surface area contributed by atoms with Crippen LogP contribution in [0.25, 0.3) is 16.7 Å². The van der Waals surface area contributed by atoms with Crippen LogP contribution in [-0.2, 0) is 0 Å². The van der Waals surface area contributed by atoms with Crippen molar-refractivity contribution in [3.63, 3.8) is 0 Å². The second-order valence-corrected chi connectivity index (χ2v) is 4.91. The van der Waals surface area contributed by atoms with E-state index >= 15 is 0 Å². The molecule has 3 aromatic rings. The Kier molecular flexibility index (Phi) is 2.33. The van der Waals surface area contributed by atoms with Gasteiger partial charge in [-0.05, 0) is 30.7 Å². The maximum Gasteiger partial charge on any atom is 0.139 e. The van der Waals surface area contributed by atoms with Gasteiger partial charge in [0.25, 0.3) is 0 Å². The molecule has 0 bridgehead atoms. The molecule has 0 aliphatic rings. The molecule has 3 rings (SSSR count). The van der Waals surface area contributed by atoms with Crippen molar-refractivity contribution >= 4 is 32.6 Å². The van der Waals surface area contributed by atoms with Crippen LogP contribution in [0.3, 0.4) is 0 Å². The minimum absolute atomic E-state index is 0.875. The Morgan fingerprint density at radius 2 is 2.12 bits per heavy atom.